The molecule has 1 heterocycles. The highest BCUT2D eigenvalue weighted by molar-refractivity contribution is 6.31. The van der Waals surface area contributed by atoms with Crippen LogP contribution in [0.1, 0.15) is 85.7 Å². The van der Waals surface area contributed by atoms with Crippen LogP contribution in [0.4, 0.5) is 17.3 Å². The molecule has 0 unspecified atom stereocenters. The Morgan fingerprint density at radius 1 is 0.956 bits per heavy atom. The molecule has 12 nitrogen and oxygen atoms in total. The van der Waals surface area contributed by atoms with Gasteiger partial charge in [-0.25, -0.2) is 9.97 Å². The second-order valence-corrected chi connectivity index (χ2v) is 11.5. The van der Waals surface area contributed by atoms with Crippen molar-refractivity contribution in [3.8, 4) is 5.75 Å². The molecule has 0 radical (unpaired) electrons. The van der Waals surface area contributed by atoms with E-state index in [1.165, 1.54) is 24.1 Å². The van der Waals surface area contributed by atoms with Gasteiger partial charge in [-0.2, -0.15) is 0 Å². The van der Waals surface area contributed by atoms with Crippen LogP contribution in [0.2, 0.25) is 5.15 Å². The smallest absolute Gasteiger partial charge is 0.280 e. The number of rotatable bonds is 15. The zero-order valence-corrected chi connectivity index (χ0v) is 26.5. The Kier molecular flexibility index (Phi) is 13.4. The molecular weight excluding hydrogens is 596 g/mol. The monoisotopic (exact) mass is 638 g/mol. The summed E-state index contributed by atoms with van der Waals surface area (Å²) in [6.07, 6.45) is 6.55. The van der Waals surface area contributed by atoms with Crippen LogP contribution in [0.15, 0.2) is 47.5 Å². The number of nitrogen functional groups attached to an aromatic ring is 2. The topological polar surface area (TPSA) is 215 Å². The first-order valence-corrected chi connectivity index (χ1v) is 15.4. The molecule has 45 heavy (non-hydrogen) atoms. The van der Waals surface area contributed by atoms with Crippen molar-refractivity contribution in [2.45, 2.75) is 71.3 Å². The molecule has 0 saturated carbocycles. The maximum absolute atomic E-state index is 12.3. The van der Waals surface area contributed by atoms with Crippen molar-refractivity contribution >= 4 is 46.7 Å². The van der Waals surface area contributed by atoms with E-state index < -0.39 is 12.0 Å². The predicted octanol–water partition coefficient (Wildman–Crippen LogP) is 4.50. The fraction of sp³-hybridized carbons (Fsp3) is 0.406. The van der Waals surface area contributed by atoms with Crippen LogP contribution in [-0.2, 0) is 17.6 Å². The van der Waals surface area contributed by atoms with Crippen molar-refractivity contribution < 1.29 is 19.8 Å². The molecule has 2 atom stereocenters. The number of benzene rings is 2. The molecule has 2 aromatic carbocycles. The Hall–Kier alpha value is -4.42. The van der Waals surface area contributed by atoms with Crippen molar-refractivity contribution in [3.05, 3.63) is 70.0 Å². The van der Waals surface area contributed by atoms with Gasteiger partial charge in [0, 0.05) is 13.5 Å². The number of halogens is 1. The van der Waals surface area contributed by atoms with Crippen molar-refractivity contribution in [2.75, 3.05) is 23.3 Å². The van der Waals surface area contributed by atoms with Crippen LogP contribution >= 0.6 is 11.6 Å². The van der Waals surface area contributed by atoms with E-state index in [-0.39, 0.29) is 40.1 Å². The third-order valence-electron chi connectivity index (χ3n) is 7.35. The van der Waals surface area contributed by atoms with Gasteiger partial charge in [0.15, 0.2) is 28.4 Å². The van der Waals surface area contributed by atoms with Crippen LogP contribution in [-0.4, -0.2) is 44.5 Å². The highest BCUT2D eigenvalue weighted by Crippen LogP contribution is 2.30. The Morgan fingerprint density at radius 2 is 1.62 bits per heavy atom. The summed E-state index contributed by atoms with van der Waals surface area (Å²) in [5.74, 6) is -0.768. The molecule has 242 valence electrons. The van der Waals surface area contributed by atoms with Crippen molar-refractivity contribution in [1.82, 2.24) is 15.3 Å². The van der Waals surface area contributed by atoms with Crippen molar-refractivity contribution in [3.63, 3.8) is 0 Å². The molecule has 0 fully saturated rings. The molecule has 0 bridgehead atoms. The number of aromatic hydroxyl groups is 1. The van der Waals surface area contributed by atoms with Gasteiger partial charge in [-0.05, 0) is 79.7 Å². The molecule has 0 aliphatic heterocycles. The van der Waals surface area contributed by atoms with Crippen LogP contribution in [0.25, 0.3) is 0 Å². The van der Waals surface area contributed by atoms with Gasteiger partial charge in [0.2, 0.25) is 5.91 Å². The van der Waals surface area contributed by atoms with E-state index in [4.69, 9.17) is 28.8 Å². The van der Waals surface area contributed by atoms with Crippen LogP contribution in [0.5, 0.6) is 5.75 Å². The number of guanidine groups is 1. The number of aliphatic hydroxyl groups excluding tert-OH is 1. The number of phenolic OH excluding ortho intramolecular Hbond substituents is 1. The molecule has 3 aromatic rings. The molecule has 13 heteroatoms. The molecular formula is C32H43ClN8O4. The van der Waals surface area contributed by atoms with Crippen molar-refractivity contribution in [1.29, 1.82) is 0 Å². The number of anilines is 3. The highest BCUT2D eigenvalue weighted by atomic mass is 35.5. The van der Waals surface area contributed by atoms with Gasteiger partial charge in [-0.3, -0.25) is 19.9 Å². The number of hydrogen-bond donors (Lipinski definition) is 7. The summed E-state index contributed by atoms with van der Waals surface area (Å²) in [4.78, 5) is 35.4. The fourth-order valence-corrected chi connectivity index (χ4v) is 4.92. The first kappa shape index (κ1) is 35.1. The third-order valence-corrected chi connectivity index (χ3v) is 7.63. The predicted molar refractivity (Wildman–Crippen MR) is 178 cm³/mol. The maximum atomic E-state index is 12.3. The quantitative estimate of drug-likeness (QED) is 0.0539. The molecule has 10 N–H and O–H groups in total. The van der Waals surface area contributed by atoms with Crippen molar-refractivity contribution in [2.24, 2.45) is 16.6 Å². The lowest BCUT2D eigenvalue weighted by Gasteiger charge is -2.16. The number of amides is 2. The number of aliphatic hydroxyl groups is 1. The summed E-state index contributed by atoms with van der Waals surface area (Å²) in [7, 11) is 0. The van der Waals surface area contributed by atoms with E-state index in [1.54, 1.807) is 12.1 Å². The largest absolute Gasteiger partial charge is 0.506 e. The summed E-state index contributed by atoms with van der Waals surface area (Å²) >= 11 is 5.81. The van der Waals surface area contributed by atoms with Crippen LogP contribution in [0, 0.1) is 5.92 Å². The number of nitrogens with zero attached hydrogens (tertiary/aromatic N) is 3. The lowest BCUT2D eigenvalue weighted by molar-refractivity contribution is -0.114. The summed E-state index contributed by atoms with van der Waals surface area (Å²) in [5.41, 5.74) is 20.4. The zero-order chi connectivity index (χ0) is 32.9. The average Bonchev–Trinajstić information content (AvgIpc) is 2.99. The van der Waals surface area contributed by atoms with E-state index in [0.29, 0.717) is 30.1 Å². The van der Waals surface area contributed by atoms with Crippen LogP contribution in [0.3, 0.4) is 0 Å². The van der Waals surface area contributed by atoms with Gasteiger partial charge in [0.1, 0.15) is 5.75 Å². The van der Waals surface area contributed by atoms with Gasteiger partial charge in [0.25, 0.3) is 5.91 Å². The van der Waals surface area contributed by atoms with Gasteiger partial charge in [0.05, 0.1) is 11.8 Å². The first-order chi connectivity index (χ1) is 21.4. The molecule has 0 spiro atoms. The zero-order valence-electron chi connectivity index (χ0n) is 25.7. The number of hydrogen-bond acceptors (Lipinski definition) is 9. The SMILES string of the molecule is CC(=O)Nc1cc([C@@H](O)CC[C@H](C)CCCc2ccc(CCCCN=C(N)NC(=O)c3nc(Cl)c(N)nc3N)cc2)ccc1O. The number of nitrogens with one attached hydrogen (secondary N) is 2. The maximum Gasteiger partial charge on any atom is 0.280 e. The van der Waals surface area contributed by atoms with Gasteiger partial charge >= 0.3 is 0 Å². The number of phenols is 1. The second kappa shape index (κ2) is 17.2. The molecule has 2 amide bonds. The summed E-state index contributed by atoms with van der Waals surface area (Å²) in [6, 6.07) is 13.4. The fourth-order valence-electron chi connectivity index (χ4n) is 4.80. The number of aryl methyl sites for hydroxylation is 2. The van der Waals surface area contributed by atoms with E-state index in [9.17, 15) is 19.8 Å². The van der Waals surface area contributed by atoms with Gasteiger partial charge < -0.3 is 32.7 Å². The molecule has 0 saturated heterocycles. The van der Waals surface area contributed by atoms with E-state index in [0.717, 1.165) is 44.9 Å². The average molecular weight is 639 g/mol. The first-order valence-electron chi connectivity index (χ1n) is 15.0. The van der Waals surface area contributed by atoms with Crippen LogP contribution < -0.4 is 27.8 Å². The number of aliphatic imine (C=N–C) groups is 1. The van der Waals surface area contributed by atoms with E-state index >= 15 is 0 Å². The third kappa shape index (κ3) is 11.5. The standard InChI is InChI=1S/C32H43ClN8O4/c1-19(9-15-25(43)23-14-16-26(44)24(18-23)38-20(2)42)6-5-8-22-12-10-21(11-13-22)7-3-4-17-37-32(36)41-31(45)27-29(34)40-30(35)28(33)39-27/h10-14,16,18-19,25,43-44H,3-9,15,17H2,1-2H3,(H,38,42)(H4,34,35,40)(H3,36,37,41,45)/t19-,25+/m1/s1. The summed E-state index contributed by atoms with van der Waals surface area (Å²) in [6.45, 7) is 4.02. The molecule has 0 aliphatic rings. The molecule has 0 aliphatic carbocycles. The minimum absolute atomic E-state index is 0.0243. The van der Waals surface area contributed by atoms with Gasteiger partial charge in [-0.1, -0.05) is 55.3 Å². The minimum Gasteiger partial charge on any atom is -0.506 e. The Bertz CT molecular complexity index is 1480. The summed E-state index contributed by atoms with van der Waals surface area (Å²) in [5, 5.41) is 25.4. The molecule has 3 rings (SSSR count). The number of carbonyl (C=O) groups excluding carboxylic acids is 2. The highest BCUT2D eigenvalue weighted by Gasteiger charge is 2.17. The molecule has 1 aromatic heterocycles. The Morgan fingerprint density at radius 3 is 2.29 bits per heavy atom. The number of aromatic nitrogens is 2. The Labute approximate surface area is 268 Å². The second-order valence-electron chi connectivity index (χ2n) is 11.2. The summed E-state index contributed by atoms with van der Waals surface area (Å²) < 4.78 is 0. The van der Waals surface area contributed by atoms with Gasteiger partial charge in [-0.15, -0.1) is 0 Å². The van der Waals surface area contributed by atoms with E-state index in [1.807, 2.05) is 0 Å². The normalized spacial score (nSPS) is 12.8. The number of carbonyl (C=O) groups is 2. The van der Waals surface area contributed by atoms with E-state index in [2.05, 4.69) is 56.8 Å². The number of nitrogens with two attached hydrogens (primary N) is 3. The lowest BCUT2D eigenvalue weighted by Crippen LogP contribution is -2.38. The lowest BCUT2D eigenvalue weighted by atomic mass is 9.93. The Balaban J connectivity index is 1.31. The minimum atomic E-state index is -0.665. The number of unbranched alkanes of at least 4 members (excludes halogenated alkanes) is 1.